The lowest BCUT2D eigenvalue weighted by molar-refractivity contribution is 0.184. The molecule has 1 heterocycles. The van der Waals surface area contributed by atoms with E-state index >= 15 is 0 Å². The van der Waals surface area contributed by atoms with Gasteiger partial charge in [0.25, 0.3) is 0 Å². The molecule has 0 saturated carbocycles. The molecule has 2 amide bonds. The first-order chi connectivity index (χ1) is 8.24. The van der Waals surface area contributed by atoms with Gasteiger partial charge in [0.2, 0.25) is 0 Å². The average molecular weight is 232 g/mol. The number of carbonyl (C=O) groups is 1. The molecule has 0 spiro atoms. The van der Waals surface area contributed by atoms with Crippen molar-refractivity contribution in [2.24, 2.45) is 0 Å². The van der Waals surface area contributed by atoms with E-state index in [1.165, 1.54) is 0 Å². The number of anilines is 1. The average Bonchev–Trinajstić information content (AvgIpc) is 2.33. The summed E-state index contributed by atoms with van der Waals surface area (Å²) in [7, 11) is 1.65. The van der Waals surface area contributed by atoms with Crippen molar-refractivity contribution in [2.45, 2.75) is 6.42 Å². The lowest BCUT2D eigenvalue weighted by Gasteiger charge is -2.31. The van der Waals surface area contributed by atoms with E-state index in [2.05, 4.69) is 11.9 Å². The number of carbonyl (C=O) groups excluding carboxylic acids is 1. The number of para-hydroxylation sites is 1. The van der Waals surface area contributed by atoms with Crippen LogP contribution in [0.1, 0.15) is 12.0 Å². The molecule has 0 aromatic heterocycles. The van der Waals surface area contributed by atoms with Crippen LogP contribution in [0.15, 0.2) is 30.8 Å². The Morgan fingerprint density at radius 2 is 2.18 bits per heavy atom. The van der Waals surface area contributed by atoms with Crippen molar-refractivity contribution in [3.8, 4) is 0 Å². The molecule has 1 N–H and O–H groups in total. The molecule has 17 heavy (non-hydrogen) atoms. The Hall–Kier alpha value is -1.81. The van der Waals surface area contributed by atoms with Crippen LogP contribution in [-0.4, -0.2) is 31.2 Å². The Morgan fingerprint density at radius 3 is 2.94 bits per heavy atom. The van der Waals surface area contributed by atoms with Crippen LogP contribution in [0.5, 0.6) is 0 Å². The van der Waals surface area contributed by atoms with Gasteiger partial charge in [-0.15, -0.1) is 0 Å². The van der Waals surface area contributed by atoms with Crippen molar-refractivity contribution >= 4 is 17.4 Å². The topological polar surface area (TPSA) is 41.6 Å². The zero-order valence-electron chi connectivity index (χ0n) is 9.90. The number of rotatable bonds is 4. The van der Waals surface area contributed by atoms with Crippen molar-refractivity contribution in [1.82, 2.24) is 4.90 Å². The van der Waals surface area contributed by atoms with E-state index in [4.69, 9.17) is 4.74 Å². The summed E-state index contributed by atoms with van der Waals surface area (Å²) >= 11 is 0. The van der Waals surface area contributed by atoms with Gasteiger partial charge in [0, 0.05) is 31.5 Å². The smallest absolute Gasteiger partial charge is 0.326 e. The minimum atomic E-state index is -0.121. The van der Waals surface area contributed by atoms with E-state index < -0.39 is 0 Å². The van der Waals surface area contributed by atoms with Gasteiger partial charge in [-0.1, -0.05) is 24.8 Å². The van der Waals surface area contributed by atoms with Gasteiger partial charge in [0.15, 0.2) is 0 Å². The molecular formula is C13H16N2O2. The van der Waals surface area contributed by atoms with Gasteiger partial charge in [-0.3, -0.25) is 4.90 Å². The number of hydrogen-bond acceptors (Lipinski definition) is 2. The number of nitrogens with zero attached hydrogens (tertiary/aromatic N) is 1. The van der Waals surface area contributed by atoms with Crippen molar-refractivity contribution < 1.29 is 9.53 Å². The van der Waals surface area contributed by atoms with E-state index in [1.54, 1.807) is 12.0 Å². The highest BCUT2D eigenvalue weighted by molar-refractivity contribution is 6.02. The number of methoxy groups -OCH3 is 1. The summed E-state index contributed by atoms with van der Waals surface area (Å²) in [5.74, 6) is 0. The second-order valence-corrected chi connectivity index (χ2v) is 3.92. The molecule has 2 rings (SSSR count). The lowest BCUT2D eigenvalue weighted by atomic mass is 10.1. The minimum absolute atomic E-state index is 0.121. The van der Waals surface area contributed by atoms with E-state index in [-0.39, 0.29) is 6.03 Å². The van der Waals surface area contributed by atoms with Crippen LogP contribution >= 0.6 is 0 Å². The molecule has 0 radical (unpaired) electrons. The van der Waals surface area contributed by atoms with Crippen LogP contribution in [0.4, 0.5) is 10.5 Å². The van der Waals surface area contributed by atoms with Crippen molar-refractivity contribution in [2.75, 3.05) is 25.6 Å². The zero-order valence-corrected chi connectivity index (χ0v) is 9.90. The summed E-state index contributed by atoms with van der Waals surface area (Å²) in [6.45, 7) is 5.25. The molecule has 0 aliphatic carbocycles. The standard InChI is InChI=1S/C13H16N2O2/c1-10-11-6-3-4-7-12(11)14-13(16)15(10)8-5-9-17-2/h3-4,6-7H,1,5,8-9H2,2H3,(H,14,16). The van der Waals surface area contributed by atoms with Gasteiger partial charge in [0.1, 0.15) is 0 Å². The number of urea groups is 1. The minimum Gasteiger partial charge on any atom is -0.385 e. The van der Waals surface area contributed by atoms with Crippen molar-refractivity contribution in [1.29, 1.82) is 0 Å². The molecule has 0 bridgehead atoms. The van der Waals surface area contributed by atoms with Gasteiger partial charge in [-0.25, -0.2) is 4.79 Å². The molecule has 4 heteroatoms. The molecule has 1 aliphatic heterocycles. The third-order valence-corrected chi connectivity index (χ3v) is 2.78. The second-order valence-electron chi connectivity index (χ2n) is 3.92. The highest BCUT2D eigenvalue weighted by atomic mass is 16.5. The molecule has 1 aromatic rings. The number of benzene rings is 1. The normalized spacial score (nSPS) is 14.5. The van der Waals surface area contributed by atoms with Crippen molar-refractivity contribution in [3.63, 3.8) is 0 Å². The molecule has 90 valence electrons. The Balaban J connectivity index is 2.16. The Morgan fingerprint density at radius 1 is 1.41 bits per heavy atom. The molecule has 0 atom stereocenters. The van der Waals surface area contributed by atoms with E-state index in [0.717, 1.165) is 23.4 Å². The number of amides is 2. The van der Waals surface area contributed by atoms with Gasteiger partial charge in [-0.2, -0.15) is 0 Å². The molecule has 0 saturated heterocycles. The van der Waals surface area contributed by atoms with Gasteiger partial charge in [0.05, 0.1) is 5.69 Å². The Bertz CT molecular complexity index is 443. The summed E-state index contributed by atoms with van der Waals surface area (Å²) in [6.07, 6.45) is 0.797. The van der Waals surface area contributed by atoms with Crippen LogP contribution < -0.4 is 5.32 Å². The van der Waals surface area contributed by atoms with E-state index in [0.29, 0.717) is 13.2 Å². The van der Waals surface area contributed by atoms with Crippen LogP contribution in [0.2, 0.25) is 0 Å². The Labute approximate surface area is 101 Å². The highest BCUT2D eigenvalue weighted by Gasteiger charge is 2.25. The summed E-state index contributed by atoms with van der Waals surface area (Å²) in [5, 5.41) is 2.85. The van der Waals surface area contributed by atoms with Crippen LogP contribution in [0.25, 0.3) is 5.70 Å². The summed E-state index contributed by atoms with van der Waals surface area (Å²) in [4.78, 5) is 13.5. The Kier molecular flexibility index (Phi) is 3.44. The first kappa shape index (κ1) is 11.7. The van der Waals surface area contributed by atoms with Crippen molar-refractivity contribution in [3.05, 3.63) is 36.4 Å². The monoisotopic (exact) mass is 232 g/mol. The molecule has 0 fully saturated rings. The zero-order chi connectivity index (χ0) is 12.3. The van der Waals surface area contributed by atoms with Gasteiger partial charge < -0.3 is 10.1 Å². The predicted octanol–water partition coefficient (Wildman–Crippen LogP) is 2.54. The fraction of sp³-hybridized carbons (Fsp3) is 0.308. The van der Waals surface area contributed by atoms with Gasteiger partial charge >= 0.3 is 6.03 Å². The van der Waals surface area contributed by atoms with Gasteiger partial charge in [-0.05, 0) is 12.5 Å². The molecule has 1 aromatic carbocycles. The maximum atomic E-state index is 11.9. The molecular weight excluding hydrogens is 216 g/mol. The maximum absolute atomic E-state index is 11.9. The number of ether oxygens (including phenoxy) is 1. The van der Waals surface area contributed by atoms with Crippen LogP contribution in [-0.2, 0) is 4.74 Å². The van der Waals surface area contributed by atoms with E-state index in [9.17, 15) is 4.79 Å². The molecule has 4 nitrogen and oxygen atoms in total. The fourth-order valence-corrected chi connectivity index (χ4v) is 1.90. The molecule has 1 aliphatic rings. The first-order valence-electron chi connectivity index (χ1n) is 5.60. The highest BCUT2D eigenvalue weighted by Crippen LogP contribution is 2.30. The fourth-order valence-electron chi connectivity index (χ4n) is 1.90. The number of nitrogens with one attached hydrogen (secondary N) is 1. The SMILES string of the molecule is C=C1c2ccccc2NC(=O)N1CCCOC. The first-order valence-corrected chi connectivity index (χ1v) is 5.60. The van der Waals surface area contributed by atoms with E-state index in [1.807, 2.05) is 24.3 Å². The largest absolute Gasteiger partial charge is 0.385 e. The summed E-state index contributed by atoms with van der Waals surface area (Å²) < 4.78 is 4.98. The quantitative estimate of drug-likeness (QED) is 0.810. The predicted molar refractivity (Wildman–Crippen MR) is 67.7 cm³/mol. The van der Waals surface area contributed by atoms with Crippen LogP contribution in [0.3, 0.4) is 0 Å². The second kappa shape index (κ2) is 5.01. The number of hydrogen-bond donors (Lipinski definition) is 1. The molecule has 0 unspecified atom stereocenters. The third kappa shape index (κ3) is 2.31. The summed E-state index contributed by atoms with van der Waals surface area (Å²) in [6, 6.07) is 7.55. The maximum Gasteiger partial charge on any atom is 0.326 e. The summed E-state index contributed by atoms with van der Waals surface area (Å²) in [5.41, 5.74) is 2.55. The lowest BCUT2D eigenvalue weighted by Crippen LogP contribution is -2.38. The third-order valence-electron chi connectivity index (χ3n) is 2.78. The number of fused-ring (bicyclic) bond motifs is 1. The van der Waals surface area contributed by atoms with Crippen LogP contribution in [0, 0.1) is 0 Å².